The number of sulfonamides is 1. The van der Waals surface area contributed by atoms with Crippen molar-refractivity contribution in [3.05, 3.63) is 29.3 Å². The van der Waals surface area contributed by atoms with Gasteiger partial charge in [0.2, 0.25) is 10.0 Å². The maximum atomic E-state index is 11.8. The molecule has 0 radical (unpaired) electrons. The van der Waals surface area contributed by atoms with Gasteiger partial charge in [0.1, 0.15) is 0 Å². The highest BCUT2D eigenvalue weighted by Crippen LogP contribution is 2.20. The number of ether oxygens (including phenoxy) is 1. The predicted molar refractivity (Wildman–Crippen MR) is 73.6 cm³/mol. The second-order valence-corrected chi connectivity index (χ2v) is 5.95. The topological polar surface area (TPSA) is 98.5 Å². The lowest BCUT2D eigenvalue weighted by Crippen LogP contribution is -2.20. The minimum Gasteiger partial charge on any atom is -0.465 e. The van der Waals surface area contributed by atoms with Crippen LogP contribution in [0.15, 0.2) is 18.2 Å². The molecule has 0 saturated heterocycles. The molecule has 19 heavy (non-hydrogen) atoms. The SMILES string of the molecule is COC(=O)c1cc(C)ccc1NS(=O)(=O)CCCN. The van der Waals surface area contributed by atoms with E-state index in [0.29, 0.717) is 13.0 Å². The van der Waals surface area contributed by atoms with Crippen LogP contribution in [0.4, 0.5) is 5.69 Å². The maximum Gasteiger partial charge on any atom is 0.340 e. The predicted octanol–water partition coefficient (Wildman–Crippen LogP) is 0.872. The average molecular weight is 286 g/mol. The van der Waals surface area contributed by atoms with Crippen molar-refractivity contribution >= 4 is 21.7 Å². The fraction of sp³-hybridized carbons (Fsp3) is 0.417. The molecule has 1 aromatic carbocycles. The van der Waals surface area contributed by atoms with Gasteiger partial charge in [-0.15, -0.1) is 0 Å². The molecule has 0 aliphatic heterocycles. The molecule has 106 valence electrons. The molecule has 0 saturated carbocycles. The Morgan fingerprint density at radius 2 is 2.11 bits per heavy atom. The van der Waals surface area contributed by atoms with E-state index in [1.807, 2.05) is 0 Å². The smallest absolute Gasteiger partial charge is 0.340 e. The lowest BCUT2D eigenvalue weighted by Gasteiger charge is -2.12. The molecule has 1 aromatic rings. The van der Waals surface area contributed by atoms with Gasteiger partial charge in [-0.3, -0.25) is 4.72 Å². The summed E-state index contributed by atoms with van der Waals surface area (Å²) in [5.74, 6) is -0.668. The van der Waals surface area contributed by atoms with Crippen LogP contribution in [-0.2, 0) is 14.8 Å². The van der Waals surface area contributed by atoms with Crippen molar-refractivity contribution in [1.29, 1.82) is 0 Å². The molecule has 0 atom stereocenters. The van der Waals surface area contributed by atoms with Crippen LogP contribution in [0.1, 0.15) is 22.3 Å². The Kier molecular flexibility index (Phi) is 5.31. The molecule has 3 N–H and O–H groups in total. The second-order valence-electron chi connectivity index (χ2n) is 4.10. The summed E-state index contributed by atoms with van der Waals surface area (Å²) in [5.41, 5.74) is 6.53. The molecule has 0 amide bonds. The van der Waals surface area contributed by atoms with Crippen LogP contribution in [0.25, 0.3) is 0 Å². The number of anilines is 1. The van der Waals surface area contributed by atoms with E-state index in [2.05, 4.69) is 9.46 Å². The minimum atomic E-state index is -3.51. The molecule has 0 heterocycles. The number of carbonyl (C=O) groups is 1. The van der Waals surface area contributed by atoms with Gasteiger partial charge in [0.05, 0.1) is 24.1 Å². The largest absolute Gasteiger partial charge is 0.465 e. The molecule has 0 aromatic heterocycles. The quantitative estimate of drug-likeness (QED) is 0.756. The lowest BCUT2D eigenvalue weighted by atomic mass is 10.1. The first kappa shape index (κ1) is 15.5. The highest BCUT2D eigenvalue weighted by Gasteiger charge is 2.17. The van der Waals surface area contributed by atoms with Crippen molar-refractivity contribution in [3.8, 4) is 0 Å². The molecular weight excluding hydrogens is 268 g/mol. The average Bonchev–Trinajstić information content (AvgIpc) is 2.37. The number of nitrogens with one attached hydrogen (secondary N) is 1. The molecule has 0 bridgehead atoms. The van der Waals surface area contributed by atoms with E-state index >= 15 is 0 Å². The van der Waals surface area contributed by atoms with Gasteiger partial charge >= 0.3 is 5.97 Å². The number of benzene rings is 1. The molecule has 6 nitrogen and oxygen atoms in total. The van der Waals surface area contributed by atoms with Crippen molar-refractivity contribution in [2.75, 3.05) is 24.1 Å². The molecule has 7 heteroatoms. The third kappa shape index (κ3) is 4.53. The molecule has 0 aliphatic carbocycles. The van der Waals surface area contributed by atoms with Crippen molar-refractivity contribution in [2.45, 2.75) is 13.3 Å². The van der Waals surface area contributed by atoms with E-state index in [1.165, 1.54) is 7.11 Å². The normalized spacial score (nSPS) is 11.1. The molecule has 0 aliphatic rings. The van der Waals surface area contributed by atoms with Gasteiger partial charge in [0, 0.05) is 0 Å². The van der Waals surface area contributed by atoms with Gasteiger partial charge in [0.15, 0.2) is 0 Å². The molecule has 0 unspecified atom stereocenters. The monoisotopic (exact) mass is 286 g/mol. The van der Waals surface area contributed by atoms with Gasteiger partial charge < -0.3 is 10.5 Å². The van der Waals surface area contributed by atoms with Gasteiger partial charge in [-0.05, 0) is 32.0 Å². The minimum absolute atomic E-state index is 0.0853. The van der Waals surface area contributed by atoms with E-state index in [9.17, 15) is 13.2 Å². The summed E-state index contributed by atoms with van der Waals surface area (Å²) in [7, 11) is -2.26. The molecule has 0 spiro atoms. The number of esters is 1. The van der Waals surface area contributed by atoms with E-state index in [4.69, 9.17) is 5.73 Å². The van der Waals surface area contributed by atoms with Crippen LogP contribution in [0, 0.1) is 6.92 Å². The Labute approximate surface area is 113 Å². The second kappa shape index (κ2) is 6.53. The Balaban J connectivity index is 3.04. The molecule has 1 rings (SSSR count). The molecule has 0 fully saturated rings. The van der Waals surface area contributed by atoms with Crippen molar-refractivity contribution in [1.82, 2.24) is 0 Å². The van der Waals surface area contributed by atoms with Crippen LogP contribution in [0.3, 0.4) is 0 Å². The number of hydrogen-bond acceptors (Lipinski definition) is 5. The summed E-state index contributed by atoms with van der Waals surface area (Å²) in [6.45, 7) is 2.10. The first-order valence-corrected chi connectivity index (χ1v) is 7.44. The van der Waals surface area contributed by atoms with E-state index in [-0.39, 0.29) is 17.0 Å². The van der Waals surface area contributed by atoms with Gasteiger partial charge in [-0.25, -0.2) is 13.2 Å². The highest BCUT2D eigenvalue weighted by atomic mass is 32.2. The number of methoxy groups -OCH3 is 1. The third-order valence-corrected chi connectivity index (χ3v) is 3.82. The van der Waals surface area contributed by atoms with Gasteiger partial charge in [0.25, 0.3) is 0 Å². The summed E-state index contributed by atoms with van der Waals surface area (Å²) in [6, 6.07) is 4.83. The lowest BCUT2D eigenvalue weighted by molar-refractivity contribution is 0.0602. The number of rotatable bonds is 6. The zero-order valence-electron chi connectivity index (χ0n) is 11.0. The van der Waals surface area contributed by atoms with Crippen molar-refractivity contribution in [3.63, 3.8) is 0 Å². The number of carbonyl (C=O) groups excluding carboxylic acids is 1. The number of hydrogen-bond donors (Lipinski definition) is 2. The third-order valence-electron chi connectivity index (χ3n) is 2.46. The van der Waals surface area contributed by atoms with Crippen LogP contribution in [0.2, 0.25) is 0 Å². The summed E-state index contributed by atoms with van der Waals surface area (Å²) < 4.78 is 30.6. The summed E-state index contributed by atoms with van der Waals surface area (Å²) in [6.07, 6.45) is 0.356. The maximum absolute atomic E-state index is 11.8. The Morgan fingerprint density at radius 3 is 2.68 bits per heavy atom. The Morgan fingerprint density at radius 1 is 1.42 bits per heavy atom. The summed E-state index contributed by atoms with van der Waals surface area (Å²) in [4.78, 5) is 11.6. The molecular formula is C12H18N2O4S. The highest BCUT2D eigenvalue weighted by molar-refractivity contribution is 7.92. The first-order valence-electron chi connectivity index (χ1n) is 5.79. The summed E-state index contributed by atoms with van der Waals surface area (Å²) in [5, 5.41) is 0. The van der Waals surface area contributed by atoms with E-state index in [1.54, 1.807) is 25.1 Å². The van der Waals surface area contributed by atoms with E-state index in [0.717, 1.165) is 5.56 Å². The fourth-order valence-corrected chi connectivity index (χ4v) is 2.68. The van der Waals surface area contributed by atoms with Crippen LogP contribution >= 0.6 is 0 Å². The van der Waals surface area contributed by atoms with Crippen LogP contribution in [-0.4, -0.2) is 33.8 Å². The standard InChI is InChI=1S/C12H18N2O4S/c1-9-4-5-11(10(8-9)12(15)18-2)14-19(16,17)7-3-6-13/h4-5,8,14H,3,6-7,13H2,1-2H3. The van der Waals surface area contributed by atoms with Crippen LogP contribution in [0.5, 0.6) is 0 Å². The summed E-state index contributed by atoms with van der Waals surface area (Å²) >= 11 is 0. The number of nitrogens with two attached hydrogens (primary N) is 1. The van der Waals surface area contributed by atoms with Crippen molar-refractivity contribution in [2.24, 2.45) is 5.73 Å². The number of aryl methyl sites for hydroxylation is 1. The zero-order chi connectivity index (χ0) is 14.5. The van der Waals surface area contributed by atoms with Gasteiger partial charge in [-0.1, -0.05) is 11.6 Å². The Hall–Kier alpha value is -1.60. The van der Waals surface area contributed by atoms with E-state index < -0.39 is 16.0 Å². The van der Waals surface area contributed by atoms with Crippen LogP contribution < -0.4 is 10.5 Å². The Bertz CT molecular complexity index is 555. The zero-order valence-corrected chi connectivity index (χ0v) is 11.8. The van der Waals surface area contributed by atoms with Gasteiger partial charge in [-0.2, -0.15) is 0 Å². The first-order chi connectivity index (χ1) is 8.89. The fourth-order valence-electron chi connectivity index (χ4n) is 1.52. The van der Waals surface area contributed by atoms with Crippen molar-refractivity contribution < 1.29 is 17.9 Å².